The molecule has 0 saturated carbocycles. The second-order valence-corrected chi connectivity index (χ2v) is 9.18. The highest BCUT2D eigenvalue weighted by Gasteiger charge is 2.26. The number of benzene rings is 2. The molecule has 2 aromatic carbocycles. The summed E-state index contributed by atoms with van der Waals surface area (Å²) in [4.78, 5) is 14.5. The van der Waals surface area contributed by atoms with E-state index in [4.69, 9.17) is 0 Å². The van der Waals surface area contributed by atoms with E-state index in [2.05, 4.69) is 17.1 Å². The van der Waals surface area contributed by atoms with Crippen molar-refractivity contribution >= 4 is 11.0 Å². The third-order valence-electron chi connectivity index (χ3n) is 5.27. The third kappa shape index (κ3) is 6.77. The van der Waals surface area contributed by atoms with Gasteiger partial charge in [-0.25, -0.2) is 26.1 Å². The average Bonchev–Trinajstić information content (AvgIpc) is 3.25. The molecule has 0 bridgehead atoms. The zero-order chi connectivity index (χ0) is 24.7. The number of nitrogens with zero attached hydrogens (tertiary/aromatic N) is 3. The summed E-state index contributed by atoms with van der Waals surface area (Å²) in [5, 5.41) is 2.69. The van der Waals surface area contributed by atoms with Gasteiger partial charge in [-0.15, -0.1) is 0 Å². The summed E-state index contributed by atoms with van der Waals surface area (Å²) in [6.45, 7) is 2.80. The van der Waals surface area contributed by atoms with Gasteiger partial charge in [0.2, 0.25) is 0 Å². The number of aromatic nitrogens is 1. The molecule has 1 fully saturated rings. The molecular formula is C24H23F4N3O2S. The van der Waals surface area contributed by atoms with Gasteiger partial charge in [0, 0.05) is 24.3 Å². The van der Waals surface area contributed by atoms with Crippen LogP contribution in [-0.2, 0) is 17.5 Å². The van der Waals surface area contributed by atoms with Crippen molar-refractivity contribution in [3.05, 3.63) is 88.6 Å². The van der Waals surface area contributed by atoms with Crippen LogP contribution in [-0.4, -0.2) is 26.1 Å². The molecule has 180 valence electrons. The molecular weight excluding hydrogens is 470 g/mol. The second-order valence-electron chi connectivity index (χ2n) is 7.74. The Labute approximate surface area is 197 Å². The first-order chi connectivity index (χ1) is 16.3. The first kappa shape index (κ1) is 25.6. The van der Waals surface area contributed by atoms with Crippen molar-refractivity contribution in [1.29, 1.82) is 0 Å². The van der Waals surface area contributed by atoms with E-state index in [0.717, 1.165) is 19.4 Å². The maximum Gasteiger partial charge on any atom is 0.280 e. The van der Waals surface area contributed by atoms with Crippen LogP contribution in [0, 0.1) is 16.5 Å². The molecule has 0 radical (unpaired) electrons. The van der Waals surface area contributed by atoms with E-state index in [1.807, 2.05) is 4.31 Å². The highest BCUT2D eigenvalue weighted by Crippen LogP contribution is 2.25. The minimum Gasteiger partial charge on any atom is -0.255 e. The fraction of sp³-hybridized carbons (Fsp3) is 0.292. The highest BCUT2D eigenvalue weighted by molar-refractivity contribution is 7.82. The zero-order valence-corrected chi connectivity index (χ0v) is 19.2. The molecule has 1 aliphatic rings. The van der Waals surface area contributed by atoms with Gasteiger partial charge in [-0.1, -0.05) is 11.2 Å². The fourth-order valence-corrected chi connectivity index (χ4v) is 4.89. The minimum absolute atomic E-state index is 0.146. The Kier molecular flexibility index (Phi) is 9.00. The van der Waals surface area contributed by atoms with E-state index in [1.165, 1.54) is 42.6 Å². The molecule has 10 heteroatoms. The van der Waals surface area contributed by atoms with Gasteiger partial charge >= 0.3 is 0 Å². The Bertz CT molecular complexity index is 1130. The highest BCUT2D eigenvalue weighted by atomic mass is 32.2. The Balaban J connectivity index is 0.000000196. The first-order valence-electron chi connectivity index (χ1n) is 10.6. The van der Waals surface area contributed by atoms with Crippen LogP contribution in [0.25, 0.3) is 11.1 Å². The number of hydrogen-bond acceptors (Lipinski definition) is 4. The monoisotopic (exact) mass is 493 g/mol. The van der Waals surface area contributed by atoms with Crippen molar-refractivity contribution in [2.75, 3.05) is 6.54 Å². The Morgan fingerprint density at radius 2 is 1.79 bits per heavy atom. The summed E-state index contributed by atoms with van der Waals surface area (Å²) in [5.41, 5.74) is 1.04. The number of pyridine rings is 1. The lowest BCUT2D eigenvalue weighted by Gasteiger charge is -2.19. The van der Waals surface area contributed by atoms with Crippen LogP contribution >= 0.6 is 0 Å². The largest absolute Gasteiger partial charge is 0.280 e. The van der Waals surface area contributed by atoms with Gasteiger partial charge in [0.15, 0.2) is 0 Å². The van der Waals surface area contributed by atoms with Crippen LogP contribution < -0.4 is 0 Å². The van der Waals surface area contributed by atoms with Gasteiger partial charge in [0.25, 0.3) is 6.43 Å². The molecule has 34 heavy (non-hydrogen) atoms. The van der Waals surface area contributed by atoms with Crippen LogP contribution in [0.15, 0.2) is 70.9 Å². The second kappa shape index (κ2) is 11.9. The summed E-state index contributed by atoms with van der Waals surface area (Å²) in [6, 6.07) is 12.9. The van der Waals surface area contributed by atoms with Crippen molar-refractivity contribution in [2.45, 2.75) is 43.7 Å². The van der Waals surface area contributed by atoms with Crippen LogP contribution in [0.2, 0.25) is 0 Å². The van der Waals surface area contributed by atoms with Crippen molar-refractivity contribution in [1.82, 2.24) is 9.29 Å². The predicted octanol–water partition coefficient (Wildman–Crippen LogP) is 6.42. The van der Waals surface area contributed by atoms with Crippen molar-refractivity contribution < 1.29 is 21.8 Å². The smallest absolute Gasteiger partial charge is 0.255 e. The fourth-order valence-electron chi connectivity index (χ4n) is 3.53. The number of nitroso groups, excluding NO2 is 1. The molecule has 3 aromatic rings. The molecule has 0 amide bonds. The van der Waals surface area contributed by atoms with Crippen molar-refractivity contribution in [2.24, 2.45) is 5.18 Å². The summed E-state index contributed by atoms with van der Waals surface area (Å²) in [7, 11) is -1.13. The number of hydrogen-bond donors (Lipinski definition) is 0. The third-order valence-corrected chi connectivity index (χ3v) is 6.91. The molecule has 0 N–H and O–H groups in total. The van der Waals surface area contributed by atoms with Gasteiger partial charge in [0.05, 0.1) is 4.90 Å². The molecule has 2 atom stereocenters. The van der Waals surface area contributed by atoms with E-state index in [0.29, 0.717) is 27.6 Å². The van der Waals surface area contributed by atoms with Gasteiger partial charge < -0.3 is 0 Å². The Morgan fingerprint density at radius 3 is 2.35 bits per heavy atom. The number of rotatable bonds is 6. The van der Waals surface area contributed by atoms with E-state index in [-0.39, 0.29) is 18.1 Å². The molecule has 2 unspecified atom stereocenters. The van der Waals surface area contributed by atoms with Gasteiger partial charge in [0.1, 0.15) is 34.9 Å². The van der Waals surface area contributed by atoms with Crippen LogP contribution in [0.3, 0.4) is 0 Å². The lowest BCUT2D eigenvalue weighted by molar-refractivity contribution is 0.146. The molecule has 4 rings (SSSR count). The predicted molar refractivity (Wildman–Crippen MR) is 122 cm³/mol. The first-order valence-corrected chi connectivity index (χ1v) is 11.7. The Morgan fingerprint density at radius 1 is 1.06 bits per heavy atom. The van der Waals surface area contributed by atoms with Crippen LogP contribution in [0.4, 0.5) is 17.6 Å². The van der Waals surface area contributed by atoms with E-state index in [1.54, 1.807) is 18.2 Å². The van der Waals surface area contributed by atoms with Gasteiger partial charge in [-0.05, 0) is 79.4 Å². The van der Waals surface area contributed by atoms with Gasteiger partial charge in [-0.2, -0.15) is 4.91 Å². The van der Waals surface area contributed by atoms with Gasteiger partial charge in [-0.3, -0.25) is 4.98 Å². The van der Waals surface area contributed by atoms with Crippen molar-refractivity contribution in [3.8, 4) is 11.1 Å². The summed E-state index contributed by atoms with van der Waals surface area (Å²) in [5.74, 6) is -0.806. The lowest BCUT2D eigenvalue weighted by Crippen LogP contribution is -2.28. The summed E-state index contributed by atoms with van der Waals surface area (Å²) >= 11 is 0. The minimum atomic E-state index is -2.64. The zero-order valence-electron chi connectivity index (χ0n) is 18.3. The average molecular weight is 494 g/mol. The lowest BCUT2D eigenvalue weighted by atomic mass is 10.0. The topological polar surface area (TPSA) is 62.6 Å². The molecule has 5 nitrogen and oxygen atoms in total. The summed E-state index contributed by atoms with van der Waals surface area (Å²) < 4.78 is 64.8. The summed E-state index contributed by atoms with van der Waals surface area (Å²) in [6.07, 6.45) is 0.784. The van der Waals surface area contributed by atoms with E-state index >= 15 is 0 Å². The standard InChI is InChI=1S/C13H9F3N2O.C11H14FNOS/c14-11-4-8(6-18-19)3-10(5-11)9-1-2-12(13(15)16)17-7-9;1-9-3-2-8-13(9)15(14)11-6-4-10(12)5-7-11/h1-5,7,13H,6H2;4-7,9H,2-3,8H2,1H3. The molecule has 1 aromatic heterocycles. The Hall–Kier alpha value is -2.98. The molecule has 1 aliphatic heterocycles. The van der Waals surface area contributed by atoms with Crippen molar-refractivity contribution in [3.63, 3.8) is 0 Å². The molecule has 2 heterocycles. The maximum atomic E-state index is 13.4. The molecule has 1 saturated heterocycles. The van der Waals surface area contributed by atoms with Crippen LogP contribution in [0.1, 0.15) is 37.4 Å². The maximum absolute atomic E-state index is 13.4. The van der Waals surface area contributed by atoms with Crippen LogP contribution in [0.5, 0.6) is 0 Å². The van der Waals surface area contributed by atoms with E-state index in [9.17, 15) is 26.7 Å². The molecule has 0 aliphatic carbocycles. The SMILES string of the molecule is CC1CCCN1S(=O)c1ccc(F)cc1.O=NCc1cc(F)cc(-c2ccc(C(F)F)nc2)c1. The normalized spacial score (nSPS) is 16.7. The molecule has 0 spiro atoms. The number of alkyl halides is 2. The quantitative estimate of drug-likeness (QED) is 0.294. The van der Waals surface area contributed by atoms with E-state index < -0.39 is 23.2 Å². The number of halogens is 4.